The molecule has 308 valence electrons. The Bertz CT molecular complexity index is 1280. The van der Waals surface area contributed by atoms with Crippen molar-refractivity contribution in [2.45, 2.75) is 130 Å². The van der Waals surface area contributed by atoms with Crippen LogP contribution in [-0.2, 0) is 28.5 Å². The third-order valence-corrected chi connectivity index (χ3v) is 6.68. The Labute approximate surface area is 325 Å². The SMILES string of the molecule is CC(C)(C)OC(=O)N=C(N)N(C[C@@H]1C[C@@H](C(=O)OC(C)(C)C)N(C(=O)OC(C)(C)C)C1)C(=O)OC(C)(C)C.Cl.Cl.NC(N)=NC[C@H]1CN[C@H](C(=O)O)C1. The molecule has 0 saturated carbocycles. The van der Waals surface area contributed by atoms with E-state index in [-0.39, 0.29) is 56.2 Å². The molecule has 8 N–H and O–H groups in total. The number of ether oxygens (including phenoxy) is 4. The largest absolute Gasteiger partial charge is 0.480 e. The van der Waals surface area contributed by atoms with Gasteiger partial charge < -0.3 is 46.6 Å². The van der Waals surface area contributed by atoms with E-state index < -0.39 is 76.6 Å². The van der Waals surface area contributed by atoms with Crippen molar-refractivity contribution >= 4 is 67.0 Å². The Kier molecular flexibility index (Phi) is 20.0. The molecule has 18 nitrogen and oxygen atoms in total. The Morgan fingerprint density at radius 3 is 1.72 bits per heavy atom. The van der Waals surface area contributed by atoms with Crippen molar-refractivity contribution in [3.63, 3.8) is 0 Å². The van der Waals surface area contributed by atoms with E-state index in [1.807, 2.05) is 0 Å². The maximum absolute atomic E-state index is 13.1. The molecule has 2 fully saturated rings. The summed E-state index contributed by atoms with van der Waals surface area (Å²) < 4.78 is 21.7. The molecule has 0 radical (unpaired) electrons. The maximum atomic E-state index is 13.1. The number of aliphatic carboxylic acids is 1. The summed E-state index contributed by atoms with van der Waals surface area (Å²) in [6, 6.07) is -1.39. The third-order valence-electron chi connectivity index (χ3n) is 6.68. The molecule has 20 heteroatoms. The van der Waals surface area contributed by atoms with Crippen molar-refractivity contribution in [1.82, 2.24) is 15.1 Å². The molecule has 0 aromatic heterocycles. The Balaban J connectivity index is 0. The van der Waals surface area contributed by atoms with Crippen molar-refractivity contribution in [1.29, 1.82) is 0 Å². The highest BCUT2D eigenvalue weighted by atomic mass is 35.5. The molecule has 2 aliphatic rings. The topological polar surface area (TPSA) is 264 Å². The van der Waals surface area contributed by atoms with Crippen LogP contribution in [0.4, 0.5) is 14.4 Å². The highest BCUT2D eigenvalue weighted by Gasteiger charge is 2.45. The molecule has 0 unspecified atom stereocenters. The number of amides is 3. The van der Waals surface area contributed by atoms with Crippen LogP contribution in [-0.4, -0.2) is 118 Å². The summed E-state index contributed by atoms with van der Waals surface area (Å²) in [6.45, 7) is 21.5. The van der Waals surface area contributed by atoms with Gasteiger partial charge in [-0.2, -0.15) is 0 Å². The van der Waals surface area contributed by atoms with E-state index in [0.29, 0.717) is 19.5 Å². The van der Waals surface area contributed by atoms with Crippen LogP contribution in [0.5, 0.6) is 0 Å². The molecule has 2 saturated heterocycles. The quantitative estimate of drug-likeness (QED) is 0.111. The van der Waals surface area contributed by atoms with Gasteiger partial charge in [0.1, 0.15) is 34.5 Å². The number of hydrogen-bond acceptors (Lipinski definition) is 11. The van der Waals surface area contributed by atoms with Gasteiger partial charge in [0.25, 0.3) is 0 Å². The molecule has 2 heterocycles. The van der Waals surface area contributed by atoms with Crippen LogP contribution in [0, 0.1) is 11.8 Å². The zero-order valence-electron chi connectivity index (χ0n) is 33.0. The van der Waals surface area contributed by atoms with Gasteiger partial charge in [-0.3, -0.25) is 14.7 Å². The number of hydrogen-bond donors (Lipinski definition) is 5. The Morgan fingerprint density at radius 2 is 1.28 bits per heavy atom. The van der Waals surface area contributed by atoms with Crippen LogP contribution in [0.3, 0.4) is 0 Å². The average molecular weight is 802 g/mol. The van der Waals surface area contributed by atoms with E-state index in [0.717, 1.165) is 4.90 Å². The summed E-state index contributed by atoms with van der Waals surface area (Å²) in [5, 5.41) is 11.5. The zero-order valence-corrected chi connectivity index (χ0v) is 34.6. The highest BCUT2D eigenvalue weighted by molar-refractivity contribution is 5.98. The number of aliphatic imine (C=N–C) groups is 2. The van der Waals surface area contributed by atoms with Crippen LogP contribution in [0.1, 0.15) is 95.9 Å². The number of rotatable bonds is 6. The lowest BCUT2D eigenvalue weighted by atomic mass is 10.0. The molecule has 0 aliphatic carbocycles. The summed E-state index contributed by atoms with van der Waals surface area (Å²) in [6.07, 6.45) is -1.75. The number of carboxylic acids is 1. The Morgan fingerprint density at radius 1 is 0.774 bits per heavy atom. The molecule has 0 spiro atoms. The number of nitrogens with zero attached hydrogens (tertiary/aromatic N) is 4. The van der Waals surface area contributed by atoms with E-state index in [1.54, 1.807) is 83.1 Å². The fraction of sp³-hybridized carbons (Fsp3) is 0.788. The van der Waals surface area contributed by atoms with Crippen molar-refractivity contribution in [3.05, 3.63) is 0 Å². The second-order valence-electron chi connectivity index (χ2n) is 16.5. The first-order valence-electron chi connectivity index (χ1n) is 16.8. The maximum Gasteiger partial charge on any atom is 0.437 e. The number of carbonyl (C=O) groups excluding carboxylic acids is 4. The lowest BCUT2D eigenvalue weighted by Crippen LogP contribution is -2.48. The number of likely N-dealkylation sites (tertiary alicyclic amines) is 1. The van der Waals surface area contributed by atoms with Gasteiger partial charge in [-0.05, 0) is 108 Å². The van der Waals surface area contributed by atoms with E-state index in [9.17, 15) is 24.0 Å². The minimum absolute atomic E-state index is 0. The molecular weight excluding hydrogens is 739 g/mol. The molecule has 0 bridgehead atoms. The van der Waals surface area contributed by atoms with Gasteiger partial charge in [-0.15, -0.1) is 29.8 Å². The normalized spacial score (nSPS) is 20.3. The summed E-state index contributed by atoms with van der Waals surface area (Å²) in [4.78, 5) is 71.7. The van der Waals surface area contributed by atoms with E-state index >= 15 is 0 Å². The molecule has 0 aromatic carbocycles. The predicted molar refractivity (Wildman–Crippen MR) is 204 cm³/mol. The minimum atomic E-state index is -0.975. The van der Waals surface area contributed by atoms with Crippen LogP contribution < -0.4 is 22.5 Å². The molecule has 0 aromatic rings. The second kappa shape index (κ2) is 20.6. The number of nitrogens with two attached hydrogens (primary N) is 3. The molecule has 4 atom stereocenters. The van der Waals surface area contributed by atoms with Gasteiger partial charge in [-0.25, -0.2) is 24.1 Å². The first-order valence-corrected chi connectivity index (χ1v) is 16.8. The van der Waals surface area contributed by atoms with Crippen LogP contribution in [0.15, 0.2) is 9.98 Å². The lowest BCUT2D eigenvalue weighted by Gasteiger charge is -2.29. The van der Waals surface area contributed by atoms with E-state index in [1.165, 1.54) is 4.90 Å². The second-order valence-corrected chi connectivity index (χ2v) is 16.5. The van der Waals surface area contributed by atoms with E-state index in [2.05, 4.69) is 15.3 Å². The van der Waals surface area contributed by atoms with Crippen molar-refractivity contribution in [2.24, 2.45) is 39.0 Å². The molecule has 53 heavy (non-hydrogen) atoms. The minimum Gasteiger partial charge on any atom is -0.480 e. The molecular formula is C33H62Cl2N8O10. The lowest BCUT2D eigenvalue weighted by molar-refractivity contribution is -0.160. The number of carboxylic acid groups (broad SMARTS) is 1. The standard InChI is InChI=1S/C26H46N4O8.C7H14N4O2.2ClH/c1-23(2,3)35-18(31)17-13-16(14-29(17)21(33)37-25(7,8)9)15-30(22(34)38-26(10,11)12)19(27)28-20(32)36-24(4,5)6;8-7(9)11-3-4-1-5(6(12)13)10-2-4;;/h16-17H,13-15H2,1-12H3,(H2,27,28,32);4-5,10H,1-3H2,(H,12,13)(H4,8,9,11);2*1H/t16-,17+;4-,5+;;/m11../s1. The zero-order chi connectivity index (χ0) is 39.7. The number of nitrogens with one attached hydrogen (secondary N) is 1. The summed E-state index contributed by atoms with van der Waals surface area (Å²) >= 11 is 0. The molecule has 2 rings (SSSR count). The fourth-order valence-electron chi connectivity index (χ4n) is 4.82. The van der Waals surface area contributed by atoms with Crippen LogP contribution in [0.25, 0.3) is 0 Å². The molecule has 2 aliphatic heterocycles. The summed E-state index contributed by atoms with van der Waals surface area (Å²) in [5.74, 6) is -2.00. The predicted octanol–water partition coefficient (Wildman–Crippen LogP) is 3.61. The van der Waals surface area contributed by atoms with Gasteiger partial charge in [0.05, 0.1) is 0 Å². The average Bonchev–Trinajstić information content (AvgIpc) is 3.54. The summed E-state index contributed by atoms with van der Waals surface area (Å²) in [5.41, 5.74) is 13.1. The smallest absolute Gasteiger partial charge is 0.437 e. The third kappa shape index (κ3) is 20.9. The van der Waals surface area contributed by atoms with Gasteiger partial charge >= 0.3 is 30.2 Å². The fourth-order valence-corrected chi connectivity index (χ4v) is 4.82. The molecule has 3 amide bonds. The van der Waals surface area contributed by atoms with Crippen LogP contribution >= 0.6 is 24.8 Å². The van der Waals surface area contributed by atoms with Crippen molar-refractivity contribution in [2.75, 3.05) is 26.2 Å². The van der Waals surface area contributed by atoms with E-state index in [4.69, 9.17) is 41.3 Å². The summed E-state index contributed by atoms with van der Waals surface area (Å²) in [7, 11) is 0. The number of carbonyl (C=O) groups is 5. The van der Waals surface area contributed by atoms with Crippen molar-refractivity contribution < 1.29 is 48.0 Å². The van der Waals surface area contributed by atoms with Crippen molar-refractivity contribution in [3.8, 4) is 0 Å². The number of halogens is 2. The number of esters is 1. The monoisotopic (exact) mass is 800 g/mol. The van der Waals surface area contributed by atoms with Gasteiger partial charge in [0, 0.05) is 26.2 Å². The first kappa shape index (κ1) is 51.3. The Hall–Kier alpha value is -3.77. The van der Waals surface area contributed by atoms with Crippen LogP contribution in [0.2, 0.25) is 0 Å². The van der Waals surface area contributed by atoms with Gasteiger partial charge in [-0.1, -0.05) is 0 Å². The van der Waals surface area contributed by atoms with Gasteiger partial charge in [0.15, 0.2) is 5.96 Å². The highest BCUT2D eigenvalue weighted by Crippen LogP contribution is 2.29. The number of guanidine groups is 2. The van der Waals surface area contributed by atoms with Gasteiger partial charge in [0.2, 0.25) is 5.96 Å². The first-order chi connectivity index (χ1) is 23.0.